The Morgan fingerprint density at radius 1 is 0.329 bits per heavy atom. The topological polar surface area (TPSA) is 20.2 Å². The van der Waals surface area contributed by atoms with E-state index in [2.05, 4.69) is 270 Å². The average Bonchev–Trinajstić information content (AvgIpc) is 4.03. The molecule has 326 valence electrons. The third-order valence-electron chi connectivity index (χ3n) is 15.2. The molecule has 3 heteroatoms. The normalized spacial score (nSPS) is 14.3. The van der Waals surface area contributed by atoms with Crippen LogP contribution in [0.2, 0.25) is 0 Å². The van der Waals surface area contributed by atoms with Crippen molar-refractivity contribution in [3.8, 4) is 27.9 Å². The summed E-state index contributed by atoms with van der Waals surface area (Å²) in [6, 6.07) is 94.3. The van der Waals surface area contributed by atoms with Gasteiger partial charge in [-0.05, 0) is 174 Å². The maximum Gasteiger partial charge on any atom is 0.0731 e. The fraction of sp³-hybridized carbons (Fsp3) is 0.0149. The van der Waals surface area contributed by atoms with Gasteiger partial charge in [-0.3, -0.25) is 0 Å². The van der Waals surface area contributed by atoms with E-state index < -0.39 is 5.41 Å². The maximum atomic E-state index is 3.67. The summed E-state index contributed by atoms with van der Waals surface area (Å²) in [5.74, 6) is 0. The number of rotatable bonds is 6. The van der Waals surface area contributed by atoms with Crippen molar-refractivity contribution in [3.63, 3.8) is 0 Å². The van der Waals surface area contributed by atoms with Crippen LogP contribution >= 0.6 is 0 Å². The molecule has 2 aliphatic carbocycles. The third-order valence-corrected chi connectivity index (χ3v) is 15.2. The van der Waals surface area contributed by atoms with Gasteiger partial charge in [0.15, 0.2) is 0 Å². The van der Waals surface area contributed by atoms with Crippen molar-refractivity contribution in [3.05, 3.63) is 277 Å². The van der Waals surface area contributed by atoms with Gasteiger partial charge in [0.2, 0.25) is 0 Å². The number of hydrogen-bond acceptors (Lipinski definition) is 2. The van der Waals surface area contributed by atoms with Crippen molar-refractivity contribution in [2.45, 2.75) is 5.41 Å². The summed E-state index contributed by atoms with van der Waals surface area (Å²) in [6.07, 6.45) is 0. The van der Waals surface area contributed by atoms with Crippen LogP contribution in [0.5, 0.6) is 0 Å². The summed E-state index contributed by atoms with van der Waals surface area (Å²) in [5.41, 5.74) is 19.0. The Labute approximate surface area is 405 Å². The van der Waals surface area contributed by atoms with Crippen molar-refractivity contribution >= 4 is 82.6 Å². The van der Waals surface area contributed by atoms with Gasteiger partial charge in [0.1, 0.15) is 0 Å². The first-order valence-electron chi connectivity index (χ1n) is 24.2. The molecule has 0 saturated carbocycles. The van der Waals surface area contributed by atoms with Crippen molar-refractivity contribution in [1.82, 2.24) is 4.57 Å². The van der Waals surface area contributed by atoms with Gasteiger partial charge in [0.25, 0.3) is 0 Å². The van der Waals surface area contributed by atoms with Crippen molar-refractivity contribution in [2.24, 2.45) is 0 Å². The van der Waals surface area contributed by atoms with Gasteiger partial charge in [0, 0.05) is 44.9 Å². The molecule has 12 aromatic carbocycles. The van der Waals surface area contributed by atoms with E-state index in [0.29, 0.717) is 0 Å². The van der Waals surface area contributed by atoms with Crippen LogP contribution in [-0.2, 0) is 5.41 Å². The molecule has 0 amide bonds. The van der Waals surface area contributed by atoms with Gasteiger partial charge >= 0.3 is 0 Å². The predicted molar refractivity (Wildman–Crippen MR) is 294 cm³/mol. The van der Waals surface area contributed by atoms with E-state index in [9.17, 15) is 0 Å². The number of nitrogens with zero attached hydrogens (tertiary/aromatic N) is 2. The smallest absolute Gasteiger partial charge is 0.0731 e. The number of fused-ring (bicyclic) bond motifs is 18. The van der Waals surface area contributed by atoms with E-state index in [4.69, 9.17) is 0 Å². The molecular weight excluding hydrogens is 847 g/mol. The Bertz CT molecular complexity index is 4270. The fourth-order valence-electron chi connectivity index (χ4n) is 12.4. The lowest BCUT2D eigenvalue weighted by molar-refractivity contribution is 0.803. The van der Waals surface area contributed by atoms with E-state index in [1.54, 1.807) is 0 Å². The number of para-hydroxylation sites is 4. The van der Waals surface area contributed by atoms with Crippen molar-refractivity contribution in [1.29, 1.82) is 0 Å². The van der Waals surface area contributed by atoms with Gasteiger partial charge in [-0.2, -0.15) is 0 Å². The zero-order valence-corrected chi connectivity index (χ0v) is 38.1. The molecule has 0 bridgehead atoms. The minimum Gasteiger partial charge on any atom is -0.356 e. The Morgan fingerprint density at radius 3 is 1.89 bits per heavy atom. The lowest BCUT2D eigenvalue weighted by atomic mass is 9.69. The van der Waals surface area contributed by atoms with Crippen molar-refractivity contribution < 1.29 is 0 Å². The van der Waals surface area contributed by atoms with E-state index in [0.717, 1.165) is 34.1 Å². The van der Waals surface area contributed by atoms with Crippen LogP contribution in [0.25, 0.3) is 82.1 Å². The van der Waals surface area contributed by atoms with Crippen LogP contribution in [0.15, 0.2) is 255 Å². The van der Waals surface area contributed by atoms with Gasteiger partial charge < -0.3 is 14.8 Å². The lowest BCUT2D eigenvalue weighted by Gasteiger charge is -2.32. The maximum absolute atomic E-state index is 3.67. The average molecular weight is 890 g/mol. The molecular formula is C67H43N3. The molecule has 13 aromatic rings. The molecule has 3 nitrogen and oxygen atoms in total. The van der Waals surface area contributed by atoms with E-state index in [1.165, 1.54) is 98.6 Å². The van der Waals surface area contributed by atoms with Gasteiger partial charge in [-0.25, -0.2) is 0 Å². The lowest BCUT2D eigenvalue weighted by Crippen LogP contribution is -2.26. The summed E-state index contributed by atoms with van der Waals surface area (Å²) < 4.78 is 2.39. The highest BCUT2D eigenvalue weighted by Crippen LogP contribution is 2.65. The monoisotopic (exact) mass is 889 g/mol. The summed E-state index contributed by atoms with van der Waals surface area (Å²) in [7, 11) is 0. The molecule has 15 rings (SSSR count). The van der Waals surface area contributed by atoms with Crippen LogP contribution in [0.4, 0.5) is 28.4 Å². The minimum atomic E-state index is -0.560. The number of benzene rings is 12. The molecule has 1 N–H and O–H groups in total. The largest absolute Gasteiger partial charge is 0.356 e. The third kappa shape index (κ3) is 5.52. The second kappa shape index (κ2) is 14.9. The molecule has 0 radical (unpaired) electrons. The zero-order valence-electron chi connectivity index (χ0n) is 38.1. The molecule has 0 aliphatic heterocycles. The highest BCUT2D eigenvalue weighted by Gasteiger charge is 2.53. The van der Waals surface area contributed by atoms with Crippen molar-refractivity contribution in [2.75, 3.05) is 10.2 Å². The predicted octanol–water partition coefficient (Wildman–Crippen LogP) is 17.8. The molecule has 70 heavy (non-hydrogen) atoms. The van der Waals surface area contributed by atoms with Gasteiger partial charge in [0.05, 0.1) is 16.4 Å². The molecule has 1 aromatic heterocycles. The Morgan fingerprint density at radius 2 is 1.01 bits per heavy atom. The number of aromatic nitrogens is 1. The van der Waals surface area contributed by atoms with Crippen LogP contribution in [0.3, 0.4) is 0 Å². The minimum absolute atomic E-state index is 0.560. The Hall–Kier alpha value is -9.18. The molecule has 2 aliphatic rings. The van der Waals surface area contributed by atoms with Crippen LogP contribution < -0.4 is 10.2 Å². The van der Waals surface area contributed by atoms with E-state index in [1.807, 2.05) is 0 Å². The van der Waals surface area contributed by atoms with E-state index in [-0.39, 0.29) is 0 Å². The second-order valence-electron chi connectivity index (χ2n) is 18.9. The molecule has 1 heterocycles. The molecule has 1 unspecified atom stereocenters. The second-order valence-corrected chi connectivity index (χ2v) is 18.9. The standard InChI is InChI=1S/C67H43N3/c1-4-17-47(18-5-1)68-48-31-35-54-45(38-48)29-34-56-58-40-44-28-32-51(39-46(44)41-62(58)67(66(54)56)60-26-14-12-25-57(60)65-53-23-11-10-16-43(53)30-36-61(65)67)69(49-19-6-2-7-20-49)52-33-37-64-59(42-52)55-24-13-15-27-63(55)70(64)50-21-8-3-9-22-50/h1-42,68H. The first kappa shape index (κ1) is 38.9. The van der Waals surface area contributed by atoms with Gasteiger partial charge in [-0.1, -0.05) is 158 Å². The van der Waals surface area contributed by atoms with Crippen LogP contribution in [-0.4, -0.2) is 4.57 Å². The van der Waals surface area contributed by atoms with Crippen LogP contribution in [0.1, 0.15) is 22.3 Å². The molecule has 0 fully saturated rings. The summed E-state index contributed by atoms with van der Waals surface area (Å²) >= 11 is 0. The number of hydrogen-bond donors (Lipinski definition) is 1. The molecule has 1 atom stereocenters. The summed E-state index contributed by atoms with van der Waals surface area (Å²) in [4.78, 5) is 2.42. The number of nitrogens with one attached hydrogen (secondary N) is 1. The Kier molecular flexibility index (Phi) is 8.28. The molecule has 0 saturated heterocycles. The van der Waals surface area contributed by atoms with E-state index >= 15 is 0 Å². The Balaban J connectivity index is 0.965. The van der Waals surface area contributed by atoms with Gasteiger partial charge in [-0.15, -0.1) is 0 Å². The highest BCUT2D eigenvalue weighted by molar-refractivity contribution is 6.13. The van der Waals surface area contributed by atoms with Crippen LogP contribution in [0, 0.1) is 0 Å². The first-order valence-corrected chi connectivity index (χ1v) is 24.2. The zero-order chi connectivity index (χ0) is 45.9. The number of anilines is 5. The SMILES string of the molecule is c1ccc(Nc2ccc3c4c(ccc3c2)-c2cc3ccc(N(c5ccccc5)c5ccc6c(c5)c5ccccc5n6-c5ccccc5)cc3cc2C42c3ccccc3-c3c2ccc2ccccc32)cc1. The fourth-order valence-corrected chi connectivity index (χ4v) is 12.4. The highest BCUT2D eigenvalue weighted by atomic mass is 15.1. The summed E-state index contributed by atoms with van der Waals surface area (Å²) in [6.45, 7) is 0. The first-order chi connectivity index (χ1) is 34.7. The summed E-state index contributed by atoms with van der Waals surface area (Å²) in [5, 5.41) is 13.6. The quantitative estimate of drug-likeness (QED) is 0.179. The molecule has 1 spiro atoms.